The van der Waals surface area contributed by atoms with Gasteiger partial charge >= 0.3 is 0 Å². The average molecular weight is 278 g/mol. The van der Waals surface area contributed by atoms with Crippen LogP contribution in [0.1, 0.15) is 11.4 Å². The number of nitrogen functional groups attached to an aromatic ring is 1. The maximum atomic E-state index is 8.59. The standard InChI is InChI=1S/C10H8BrN5/c11-8-1-7(2-9(13)3-8)5-16-6-14-10(4-12)15-16/h1-3,6H,5,13H2. The third-order valence-electron chi connectivity index (χ3n) is 1.96. The summed E-state index contributed by atoms with van der Waals surface area (Å²) in [6, 6.07) is 7.51. The zero-order valence-corrected chi connectivity index (χ0v) is 9.85. The highest BCUT2D eigenvalue weighted by atomic mass is 79.9. The Kier molecular flexibility index (Phi) is 2.88. The summed E-state index contributed by atoms with van der Waals surface area (Å²) in [5.41, 5.74) is 7.40. The van der Waals surface area contributed by atoms with Crippen molar-refractivity contribution in [2.75, 3.05) is 5.73 Å². The molecule has 0 unspecified atom stereocenters. The monoisotopic (exact) mass is 277 g/mol. The highest BCUT2D eigenvalue weighted by molar-refractivity contribution is 9.10. The van der Waals surface area contributed by atoms with Gasteiger partial charge in [-0.25, -0.2) is 9.67 Å². The van der Waals surface area contributed by atoms with Crippen molar-refractivity contribution in [1.82, 2.24) is 14.8 Å². The molecule has 0 aliphatic heterocycles. The lowest BCUT2D eigenvalue weighted by Gasteiger charge is -2.03. The molecular weight excluding hydrogens is 270 g/mol. The first-order valence-corrected chi connectivity index (χ1v) is 5.31. The fourth-order valence-corrected chi connectivity index (χ4v) is 1.93. The van der Waals surface area contributed by atoms with E-state index in [1.807, 2.05) is 24.3 Å². The van der Waals surface area contributed by atoms with E-state index in [-0.39, 0.29) is 5.82 Å². The summed E-state index contributed by atoms with van der Waals surface area (Å²) in [6.45, 7) is 0.540. The minimum atomic E-state index is 0.169. The molecule has 16 heavy (non-hydrogen) atoms. The number of anilines is 1. The van der Waals surface area contributed by atoms with Gasteiger partial charge in [-0.05, 0) is 23.8 Å². The third kappa shape index (κ3) is 2.38. The van der Waals surface area contributed by atoms with Gasteiger partial charge in [0, 0.05) is 10.2 Å². The van der Waals surface area contributed by atoms with Crippen LogP contribution in [0, 0.1) is 11.3 Å². The lowest BCUT2D eigenvalue weighted by Crippen LogP contribution is -2.01. The first-order chi connectivity index (χ1) is 7.67. The predicted octanol–water partition coefficient (Wildman–Crippen LogP) is 1.54. The Morgan fingerprint density at radius 2 is 2.25 bits per heavy atom. The van der Waals surface area contributed by atoms with Crippen molar-refractivity contribution in [2.24, 2.45) is 0 Å². The Balaban J connectivity index is 2.23. The number of nitriles is 1. The molecule has 2 aromatic rings. The highest BCUT2D eigenvalue weighted by Crippen LogP contribution is 2.17. The smallest absolute Gasteiger partial charge is 0.252 e. The fraction of sp³-hybridized carbons (Fsp3) is 0.100. The van der Waals surface area contributed by atoms with E-state index in [1.165, 1.54) is 6.33 Å². The second-order valence-electron chi connectivity index (χ2n) is 3.27. The molecule has 0 aliphatic carbocycles. The van der Waals surface area contributed by atoms with Gasteiger partial charge in [0.15, 0.2) is 0 Å². The molecule has 0 bridgehead atoms. The van der Waals surface area contributed by atoms with Crippen molar-refractivity contribution in [2.45, 2.75) is 6.54 Å². The van der Waals surface area contributed by atoms with E-state index in [4.69, 9.17) is 11.0 Å². The van der Waals surface area contributed by atoms with Crippen LogP contribution in [-0.2, 0) is 6.54 Å². The molecule has 0 atom stereocenters. The van der Waals surface area contributed by atoms with E-state index in [0.717, 1.165) is 10.0 Å². The van der Waals surface area contributed by atoms with E-state index in [1.54, 1.807) is 4.68 Å². The Labute approximate surface area is 101 Å². The van der Waals surface area contributed by atoms with Gasteiger partial charge in [0.2, 0.25) is 0 Å². The zero-order chi connectivity index (χ0) is 11.5. The molecule has 1 heterocycles. The van der Waals surface area contributed by atoms with Crippen molar-refractivity contribution in [1.29, 1.82) is 5.26 Å². The second-order valence-corrected chi connectivity index (χ2v) is 4.19. The minimum absolute atomic E-state index is 0.169. The van der Waals surface area contributed by atoms with Crippen molar-refractivity contribution in [3.05, 3.63) is 40.4 Å². The van der Waals surface area contributed by atoms with Crippen molar-refractivity contribution < 1.29 is 0 Å². The second kappa shape index (κ2) is 4.33. The van der Waals surface area contributed by atoms with Crippen LogP contribution in [0.15, 0.2) is 29.0 Å². The van der Waals surface area contributed by atoms with E-state index in [2.05, 4.69) is 26.0 Å². The molecule has 0 saturated heterocycles. The molecule has 1 aromatic carbocycles. The van der Waals surface area contributed by atoms with Gasteiger partial charge in [-0.3, -0.25) is 0 Å². The number of benzene rings is 1. The van der Waals surface area contributed by atoms with Crippen LogP contribution >= 0.6 is 15.9 Å². The van der Waals surface area contributed by atoms with Crippen molar-refractivity contribution in [3.8, 4) is 6.07 Å². The van der Waals surface area contributed by atoms with Crippen LogP contribution in [0.2, 0.25) is 0 Å². The van der Waals surface area contributed by atoms with Crippen LogP contribution in [0.4, 0.5) is 5.69 Å². The summed E-state index contributed by atoms with van der Waals surface area (Å²) in [7, 11) is 0. The molecule has 0 aliphatic rings. The Morgan fingerprint density at radius 1 is 1.44 bits per heavy atom. The maximum absolute atomic E-state index is 8.59. The number of hydrogen-bond donors (Lipinski definition) is 1. The van der Waals surface area contributed by atoms with Crippen LogP contribution in [0.25, 0.3) is 0 Å². The van der Waals surface area contributed by atoms with E-state index in [0.29, 0.717) is 12.2 Å². The quantitative estimate of drug-likeness (QED) is 0.845. The van der Waals surface area contributed by atoms with Crippen LogP contribution in [0.5, 0.6) is 0 Å². The number of nitrogens with zero attached hydrogens (tertiary/aromatic N) is 4. The molecule has 2 rings (SSSR count). The predicted molar refractivity (Wildman–Crippen MR) is 62.4 cm³/mol. The van der Waals surface area contributed by atoms with E-state index >= 15 is 0 Å². The van der Waals surface area contributed by atoms with Gasteiger partial charge in [0.25, 0.3) is 5.82 Å². The average Bonchev–Trinajstić information content (AvgIpc) is 2.64. The van der Waals surface area contributed by atoms with Gasteiger partial charge < -0.3 is 5.73 Å². The summed E-state index contributed by atoms with van der Waals surface area (Å²) in [6.07, 6.45) is 1.52. The van der Waals surface area contributed by atoms with Crippen molar-refractivity contribution in [3.63, 3.8) is 0 Å². The number of rotatable bonds is 2. The molecule has 0 fully saturated rings. The van der Waals surface area contributed by atoms with Crippen molar-refractivity contribution >= 4 is 21.6 Å². The SMILES string of the molecule is N#Cc1ncn(Cc2cc(N)cc(Br)c2)n1. The first-order valence-electron chi connectivity index (χ1n) is 4.52. The lowest BCUT2D eigenvalue weighted by atomic mass is 10.2. The molecule has 0 radical (unpaired) electrons. The summed E-state index contributed by atoms with van der Waals surface area (Å²) in [5.74, 6) is 0.169. The molecule has 0 saturated carbocycles. The van der Waals surface area contributed by atoms with E-state index < -0.39 is 0 Å². The van der Waals surface area contributed by atoms with Crippen LogP contribution < -0.4 is 5.73 Å². The molecule has 80 valence electrons. The van der Waals surface area contributed by atoms with Crippen LogP contribution in [-0.4, -0.2) is 14.8 Å². The van der Waals surface area contributed by atoms with Gasteiger partial charge in [-0.15, -0.1) is 5.10 Å². The summed E-state index contributed by atoms with van der Waals surface area (Å²) >= 11 is 3.37. The molecule has 0 amide bonds. The number of aromatic nitrogens is 3. The third-order valence-corrected chi connectivity index (χ3v) is 2.42. The number of nitrogens with two attached hydrogens (primary N) is 1. The molecule has 0 spiro atoms. The minimum Gasteiger partial charge on any atom is -0.399 e. The Morgan fingerprint density at radius 3 is 2.88 bits per heavy atom. The lowest BCUT2D eigenvalue weighted by molar-refractivity contribution is 0.682. The summed E-state index contributed by atoms with van der Waals surface area (Å²) in [4.78, 5) is 3.82. The van der Waals surface area contributed by atoms with Crippen LogP contribution in [0.3, 0.4) is 0 Å². The molecule has 2 N–H and O–H groups in total. The maximum Gasteiger partial charge on any atom is 0.252 e. The topological polar surface area (TPSA) is 80.5 Å². The van der Waals surface area contributed by atoms with E-state index in [9.17, 15) is 0 Å². The fourth-order valence-electron chi connectivity index (χ4n) is 1.38. The normalized spacial score (nSPS) is 10.0. The Hall–Kier alpha value is -1.87. The number of hydrogen-bond acceptors (Lipinski definition) is 4. The van der Waals surface area contributed by atoms with Gasteiger partial charge in [0.1, 0.15) is 12.4 Å². The summed E-state index contributed by atoms with van der Waals surface area (Å²) < 4.78 is 2.52. The van der Waals surface area contributed by atoms with Gasteiger partial charge in [0.05, 0.1) is 6.54 Å². The molecule has 5 nitrogen and oxygen atoms in total. The largest absolute Gasteiger partial charge is 0.399 e. The van der Waals surface area contributed by atoms with Gasteiger partial charge in [-0.2, -0.15) is 5.26 Å². The highest BCUT2D eigenvalue weighted by Gasteiger charge is 2.02. The first kappa shape index (κ1) is 10.6. The molecular formula is C10H8BrN5. The van der Waals surface area contributed by atoms with Gasteiger partial charge in [-0.1, -0.05) is 15.9 Å². The summed E-state index contributed by atoms with van der Waals surface area (Å²) in [5, 5.41) is 12.6. The molecule has 1 aromatic heterocycles. The molecule has 6 heteroatoms. The number of halogens is 1. The zero-order valence-electron chi connectivity index (χ0n) is 8.26. The Bertz CT molecular complexity index is 534.